The van der Waals surface area contributed by atoms with Crippen LogP contribution >= 0.6 is 0 Å². The highest BCUT2D eigenvalue weighted by molar-refractivity contribution is 5.85. The smallest absolute Gasteiger partial charge is 0.124 e. The van der Waals surface area contributed by atoms with Crippen LogP contribution in [-0.2, 0) is 0 Å². The van der Waals surface area contributed by atoms with Crippen LogP contribution in [0.2, 0.25) is 0 Å². The average Bonchev–Trinajstić information content (AvgIpc) is 2.96. The molecule has 3 aromatic rings. The predicted octanol–water partition coefficient (Wildman–Crippen LogP) is 5.49. The Morgan fingerprint density at radius 2 is 1.52 bits per heavy atom. The van der Waals surface area contributed by atoms with E-state index in [1.165, 1.54) is 33.2 Å². The van der Waals surface area contributed by atoms with Crippen molar-refractivity contribution in [1.29, 1.82) is 0 Å². The zero-order chi connectivity index (χ0) is 15.4. The minimum atomic E-state index is 0.978. The van der Waals surface area contributed by atoms with Crippen LogP contribution in [0.4, 0.5) is 0 Å². The summed E-state index contributed by atoms with van der Waals surface area (Å²) in [5.74, 6) is 0.978. The van der Waals surface area contributed by atoms with E-state index in [1.807, 2.05) is 20.0 Å². The fraction of sp³-hybridized carbons (Fsp3) is 0.263. The summed E-state index contributed by atoms with van der Waals surface area (Å²) in [5, 5.41) is 1.24. The first-order valence-electron chi connectivity index (χ1n) is 7.42. The molecule has 2 aromatic carbocycles. The number of benzene rings is 2. The molecular formula is C19H23NO. The maximum absolute atomic E-state index is 5.42. The third-order valence-electron chi connectivity index (χ3n) is 3.55. The molecule has 110 valence electrons. The number of aromatic nitrogens is 1. The number of hydrogen-bond acceptors (Lipinski definition) is 1. The van der Waals surface area contributed by atoms with Gasteiger partial charge < -0.3 is 9.72 Å². The molecule has 0 bridgehead atoms. The van der Waals surface area contributed by atoms with Gasteiger partial charge in [-0.25, -0.2) is 0 Å². The molecule has 21 heavy (non-hydrogen) atoms. The Labute approximate surface area is 126 Å². The van der Waals surface area contributed by atoms with Crippen LogP contribution in [-0.4, -0.2) is 12.1 Å². The van der Waals surface area contributed by atoms with Crippen molar-refractivity contribution in [2.24, 2.45) is 0 Å². The Morgan fingerprint density at radius 1 is 0.857 bits per heavy atom. The fourth-order valence-corrected chi connectivity index (χ4v) is 2.67. The number of H-pyrrole nitrogens is 1. The molecule has 0 aliphatic carbocycles. The Bertz CT molecular complexity index is 717. The lowest BCUT2D eigenvalue weighted by Gasteiger charge is -2.11. The van der Waals surface area contributed by atoms with Gasteiger partial charge >= 0.3 is 0 Å². The molecular weight excluding hydrogens is 258 g/mol. The molecule has 0 saturated heterocycles. The Morgan fingerprint density at radius 3 is 2.14 bits per heavy atom. The molecule has 0 saturated carbocycles. The third-order valence-corrected chi connectivity index (χ3v) is 3.55. The van der Waals surface area contributed by atoms with E-state index < -0.39 is 0 Å². The van der Waals surface area contributed by atoms with Crippen LogP contribution in [0.3, 0.4) is 0 Å². The van der Waals surface area contributed by atoms with Gasteiger partial charge in [0, 0.05) is 11.7 Å². The van der Waals surface area contributed by atoms with Crippen LogP contribution in [0.1, 0.15) is 25.0 Å². The van der Waals surface area contributed by atoms with E-state index in [0.29, 0.717) is 0 Å². The van der Waals surface area contributed by atoms with Crippen molar-refractivity contribution < 1.29 is 4.74 Å². The lowest BCUT2D eigenvalue weighted by Crippen LogP contribution is -1.92. The first kappa shape index (κ1) is 15.2. The summed E-state index contributed by atoms with van der Waals surface area (Å²) in [6, 6.07) is 13.0. The van der Waals surface area contributed by atoms with Crippen LogP contribution in [0.15, 0.2) is 42.6 Å². The molecule has 3 rings (SSSR count). The second-order valence-electron chi connectivity index (χ2n) is 4.92. The number of aryl methyl sites for hydroxylation is 2. The van der Waals surface area contributed by atoms with Crippen molar-refractivity contribution in [1.82, 2.24) is 4.98 Å². The topological polar surface area (TPSA) is 25.0 Å². The second kappa shape index (κ2) is 6.49. The van der Waals surface area contributed by atoms with Crippen molar-refractivity contribution in [2.45, 2.75) is 27.7 Å². The van der Waals surface area contributed by atoms with E-state index in [0.717, 1.165) is 5.75 Å². The van der Waals surface area contributed by atoms with Gasteiger partial charge in [0.15, 0.2) is 0 Å². The molecule has 0 radical (unpaired) electrons. The highest BCUT2D eigenvalue weighted by Gasteiger charge is 2.07. The van der Waals surface area contributed by atoms with Gasteiger partial charge in [-0.15, -0.1) is 0 Å². The van der Waals surface area contributed by atoms with Crippen LogP contribution < -0.4 is 4.74 Å². The largest absolute Gasteiger partial charge is 0.496 e. The lowest BCUT2D eigenvalue weighted by atomic mass is 9.99. The van der Waals surface area contributed by atoms with Crippen molar-refractivity contribution in [3.05, 3.63) is 53.7 Å². The summed E-state index contributed by atoms with van der Waals surface area (Å²) >= 11 is 0. The number of methoxy groups -OCH3 is 1. The number of fused-ring (bicyclic) bond motifs is 1. The van der Waals surface area contributed by atoms with Gasteiger partial charge in [0.2, 0.25) is 0 Å². The van der Waals surface area contributed by atoms with Gasteiger partial charge in [-0.3, -0.25) is 0 Å². The molecule has 1 N–H and O–H groups in total. The molecule has 0 aliphatic rings. The summed E-state index contributed by atoms with van der Waals surface area (Å²) in [6.07, 6.45) is 1.97. The van der Waals surface area contributed by atoms with E-state index in [2.05, 4.69) is 55.2 Å². The molecule has 0 fully saturated rings. The van der Waals surface area contributed by atoms with Gasteiger partial charge in [-0.05, 0) is 71.8 Å². The number of aromatic amines is 1. The standard InChI is InChI=1S/C17H17NO.C2H6/c1-11-8-15(9-12(2)17(11)19-3)13-4-5-16-14(10-13)6-7-18-16;1-2/h4-10,18H,1-3H3;1-2H3. The minimum absolute atomic E-state index is 0.978. The van der Waals surface area contributed by atoms with Gasteiger partial charge in [0.05, 0.1) is 7.11 Å². The summed E-state index contributed by atoms with van der Waals surface area (Å²) in [5.41, 5.74) is 5.99. The average molecular weight is 281 g/mol. The highest BCUT2D eigenvalue weighted by atomic mass is 16.5. The first-order chi connectivity index (χ1) is 10.2. The van der Waals surface area contributed by atoms with E-state index in [1.54, 1.807) is 7.11 Å². The zero-order valence-electron chi connectivity index (χ0n) is 13.4. The normalized spacial score (nSPS) is 10.1. The molecule has 1 aromatic heterocycles. The summed E-state index contributed by atoms with van der Waals surface area (Å²) in [6.45, 7) is 8.17. The van der Waals surface area contributed by atoms with Gasteiger partial charge in [0.25, 0.3) is 0 Å². The Balaban J connectivity index is 0.000000774. The SMILES string of the molecule is CC.COc1c(C)cc(-c2ccc3[nH]ccc3c2)cc1C. The van der Waals surface area contributed by atoms with Crippen molar-refractivity contribution in [2.75, 3.05) is 7.11 Å². The van der Waals surface area contributed by atoms with Crippen LogP contribution in [0, 0.1) is 13.8 Å². The maximum Gasteiger partial charge on any atom is 0.124 e. The molecule has 2 nitrogen and oxygen atoms in total. The van der Waals surface area contributed by atoms with Crippen molar-refractivity contribution >= 4 is 10.9 Å². The predicted molar refractivity (Wildman–Crippen MR) is 91.1 cm³/mol. The quantitative estimate of drug-likeness (QED) is 0.660. The van der Waals surface area contributed by atoms with Gasteiger partial charge in [-0.1, -0.05) is 19.9 Å². The van der Waals surface area contributed by atoms with Gasteiger partial charge in [-0.2, -0.15) is 0 Å². The monoisotopic (exact) mass is 281 g/mol. The number of nitrogens with one attached hydrogen (secondary N) is 1. The zero-order valence-corrected chi connectivity index (χ0v) is 13.4. The number of ether oxygens (including phenoxy) is 1. The van der Waals surface area contributed by atoms with Crippen LogP contribution in [0.25, 0.3) is 22.0 Å². The van der Waals surface area contributed by atoms with E-state index in [4.69, 9.17) is 4.74 Å². The maximum atomic E-state index is 5.42. The summed E-state index contributed by atoms with van der Waals surface area (Å²) in [7, 11) is 1.72. The van der Waals surface area contributed by atoms with Crippen molar-refractivity contribution in [3.63, 3.8) is 0 Å². The lowest BCUT2D eigenvalue weighted by molar-refractivity contribution is 0.408. The van der Waals surface area contributed by atoms with E-state index in [9.17, 15) is 0 Å². The Hall–Kier alpha value is -2.22. The molecule has 0 atom stereocenters. The van der Waals surface area contributed by atoms with Gasteiger partial charge in [0.1, 0.15) is 5.75 Å². The minimum Gasteiger partial charge on any atom is -0.496 e. The third kappa shape index (κ3) is 2.94. The fourth-order valence-electron chi connectivity index (χ4n) is 2.67. The molecule has 0 unspecified atom stereocenters. The molecule has 0 spiro atoms. The molecule has 0 aliphatic heterocycles. The molecule has 1 heterocycles. The molecule has 0 amide bonds. The Kier molecular flexibility index (Phi) is 4.69. The van der Waals surface area contributed by atoms with Crippen molar-refractivity contribution in [3.8, 4) is 16.9 Å². The summed E-state index contributed by atoms with van der Waals surface area (Å²) < 4.78 is 5.42. The summed E-state index contributed by atoms with van der Waals surface area (Å²) in [4.78, 5) is 3.22. The van der Waals surface area contributed by atoms with Crippen LogP contribution in [0.5, 0.6) is 5.75 Å². The number of rotatable bonds is 2. The van der Waals surface area contributed by atoms with E-state index in [-0.39, 0.29) is 0 Å². The molecule has 2 heteroatoms. The van der Waals surface area contributed by atoms with E-state index >= 15 is 0 Å². The second-order valence-corrected chi connectivity index (χ2v) is 4.92. The highest BCUT2D eigenvalue weighted by Crippen LogP contribution is 2.31. The first-order valence-corrected chi connectivity index (χ1v) is 7.42. The number of hydrogen-bond donors (Lipinski definition) is 1.